The zero-order chi connectivity index (χ0) is 22.5. The van der Waals surface area contributed by atoms with Crippen molar-refractivity contribution in [1.29, 1.82) is 0 Å². The molecule has 1 N–H and O–H groups in total. The fourth-order valence-corrected chi connectivity index (χ4v) is 3.17. The van der Waals surface area contributed by atoms with E-state index >= 15 is 0 Å². The van der Waals surface area contributed by atoms with Crippen LogP contribution in [0.5, 0.6) is 5.75 Å². The van der Waals surface area contributed by atoms with E-state index in [1.165, 1.54) is 18.2 Å². The Morgan fingerprint density at radius 1 is 1.03 bits per heavy atom. The first-order chi connectivity index (χ1) is 14.0. The second kappa shape index (κ2) is 9.87. The van der Waals surface area contributed by atoms with Crippen molar-refractivity contribution >= 4 is 17.3 Å². The van der Waals surface area contributed by atoms with Crippen LogP contribution in [0.4, 0.5) is 24.5 Å². The standard InChI is InChI=1S/C23H28F3NO3/c1-14(2)17-7-6-8-18(15(3)4)21(17)27-19-10-9-16(13-20(19)29-5)11-12-30-22(28)23(24,25)26/h6-10,13-15,27H,11-12H2,1-5H3. The summed E-state index contributed by atoms with van der Waals surface area (Å²) in [6.07, 6.45) is -4.83. The lowest BCUT2D eigenvalue weighted by Crippen LogP contribution is -2.26. The molecule has 2 aromatic rings. The third-order valence-corrected chi connectivity index (χ3v) is 4.75. The highest BCUT2D eigenvalue weighted by atomic mass is 19.4. The third kappa shape index (κ3) is 5.90. The Morgan fingerprint density at radius 3 is 2.13 bits per heavy atom. The molecule has 0 atom stereocenters. The molecule has 0 aliphatic rings. The van der Waals surface area contributed by atoms with E-state index in [1.807, 2.05) is 6.07 Å². The van der Waals surface area contributed by atoms with E-state index in [0.29, 0.717) is 23.1 Å². The summed E-state index contributed by atoms with van der Waals surface area (Å²) < 4.78 is 46.5. The second-order valence-electron chi connectivity index (χ2n) is 7.66. The molecule has 0 saturated heterocycles. The van der Waals surface area contributed by atoms with E-state index in [9.17, 15) is 18.0 Å². The van der Waals surface area contributed by atoms with Crippen LogP contribution < -0.4 is 10.1 Å². The summed E-state index contributed by atoms with van der Waals surface area (Å²) in [5.41, 5.74) is 4.86. The van der Waals surface area contributed by atoms with Crippen LogP contribution in [-0.2, 0) is 16.0 Å². The van der Waals surface area contributed by atoms with Crippen molar-refractivity contribution in [2.45, 2.75) is 52.1 Å². The first kappa shape index (κ1) is 23.6. The third-order valence-electron chi connectivity index (χ3n) is 4.75. The van der Waals surface area contributed by atoms with E-state index < -0.39 is 12.1 Å². The number of benzene rings is 2. The quantitative estimate of drug-likeness (QED) is 0.504. The molecule has 7 heteroatoms. The molecule has 0 unspecified atom stereocenters. The predicted octanol–water partition coefficient (Wildman–Crippen LogP) is 6.33. The van der Waals surface area contributed by atoms with Gasteiger partial charge in [-0.25, -0.2) is 4.79 Å². The van der Waals surface area contributed by atoms with Crippen molar-refractivity contribution in [3.8, 4) is 5.75 Å². The summed E-state index contributed by atoms with van der Waals surface area (Å²) in [5, 5.41) is 3.49. The number of halogens is 3. The molecule has 0 radical (unpaired) electrons. The summed E-state index contributed by atoms with van der Waals surface area (Å²) in [4.78, 5) is 10.8. The number of alkyl halides is 3. The molecule has 0 amide bonds. The number of methoxy groups -OCH3 is 1. The first-order valence-electron chi connectivity index (χ1n) is 9.85. The Bertz CT molecular complexity index is 850. The maximum Gasteiger partial charge on any atom is 0.490 e. The molecule has 164 valence electrons. The van der Waals surface area contributed by atoms with Gasteiger partial charge < -0.3 is 14.8 Å². The summed E-state index contributed by atoms with van der Waals surface area (Å²) in [6, 6.07) is 11.6. The molecule has 0 aromatic heterocycles. The van der Waals surface area contributed by atoms with Gasteiger partial charge in [0.1, 0.15) is 5.75 Å². The zero-order valence-electron chi connectivity index (χ0n) is 17.9. The highest BCUT2D eigenvalue weighted by Crippen LogP contribution is 2.37. The largest absolute Gasteiger partial charge is 0.495 e. The van der Waals surface area contributed by atoms with Gasteiger partial charge in [-0.15, -0.1) is 0 Å². The number of carbonyl (C=O) groups is 1. The minimum Gasteiger partial charge on any atom is -0.495 e. The minimum atomic E-state index is -4.98. The smallest absolute Gasteiger partial charge is 0.490 e. The van der Waals surface area contributed by atoms with Crippen LogP contribution in [0, 0.1) is 0 Å². The van der Waals surface area contributed by atoms with Crippen molar-refractivity contribution in [2.24, 2.45) is 0 Å². The molecule has 2 aromatic carbocycles. The molecule has 2 rings (SSSR count). The van der Waals surface area contributed by atoms with Crippen molar-refractivity contribution in [3.63, 3.8) is 0 Å². The van der Waals surface area contributed by atoms with Crippen molar-refractivity contribution in [3.05, 3.63) is 53.1 Å². The number of anilines is 2. The van der Waals surface area contributed by atoms with Gasteiger partial charge in [-0.2, -0.15) is 13.2 Å². The number of esters is 1. The van der Waals surface area contributed by atoms with Crippen molar-refractivity contribution in [1.82, 2.24) is 0 Å². The Balaban J connectivity index is 2.23. The normalized spacial score (nSPS) is 11.7. The van der Waals surface area contributed by atoms with Crippen LogP contribution in [-0.4, -0.2) is 25.9 Å². The van der Waals surface area contributed by atoms with Crippen LogP contribution >= 0.6 is 0 Å². The monoisotopic (exact) mass is 423 g/mol. The number of para-hydroxylation sites is 1. The van der Waals surface area contributed by atoms with Gasteiger partial charge in [-0.3, -0.25) is 0 Å². The van der Waals surface area contributed by atoms with E-state index in [-0.39, 0.29) is 13.0 Å². The lowest BCUT2D eigenvalue weighted by molar-refractivity contribution is -0.199. The predicted molar refractivity (Wildman–Crippen MR) is 112 cm³/mol. The van der Waals surface area contributed by atoms with Gasteiger partial charge in [0.05, 0.1) is 19.4 Å². The van der Waals surface area contributed by atoms with Gasteiger partial charge in [0, 0.05) is 12.1 Å². The van der Waals surface area contributed by atoms with E-state index in [1.54, 1.807) is 12.1 Å². The van der Waals surface area contributed by atoms with Gasteiger partial charge in [0.15, 0.2) is 0 Å². The Labute approximate surface area is 175 Å². The Hall–Kier alpha value is -2.70. The summed E-state index contributed by atoms with van der Waals surface area (Å²) in [6.45, 7) is 8.17. The van der Waals surface area contributed by atoms with E-state index in [2.05, 4.69) is 55.9 Å². The van der Waals surface area contributed by atoms with Crippen LogP contribution in [0.3, 0.4) is 0 Å². The van der Waals surface area contributed by atoms with Gasteiger partial charge >= 0.3 is 12.1 Å². The lowest BCUT2D eigenvalue weighted by atomic mass is 9.92. The van der Waals surface area contributed by atoms with E-state index in [0.717, 1.165) is 11.4 Å². The van der Waals surface area contributed by atoms with Crippen molar-refractivity contribution < 1.29 is 27.4 Å². The van der Waals surface area contributed by atoms with Crippen LogP contribution in [0.1, 0.15) is 56.2 Å². The molecule has 0 aliphatic carbocycles. The highest BCUT2D eigenvalue weighted by Gasteiger charge is 2.40. The molecular weight excluding hydrogens is 395 g/mol. The number of carbonyl (C=O) groups excluding carboxylic acids is 1. The molecule has 0 fully saturated rings. The topological polar surface area (TPSA) is 47.6 Å². The summed E-state index contributed by atoms with van der Waals surface area (Å²) in [7, 11) is 1.53. The first-order valence-corrected chi connectivity index (χ1v) is 9.85. The molecule has 0 saturated carbocycles. The molecule has 0 aliphatic heterocycles. The van der Waals surface area contributed by atoms with Gasteiger partial charge in [-0.05, 0) is 40.7 Å². The van der Waals surface area contributed by atoms with Crippen LogP contribution in [0.25, 0.3) is 0 Å². The molecule has 30 heavy (non-hydrogen) atoms. The second-order valence-corrected chi connectivity index (χ2v) is 7.66. The molecule has 4 nitrogen and oxygen atoms in total. The van der Waals surface area contributed by atoms with Crippen LogP contribution in [0.2, 0.25) is 0 Å². The fraction of sp³-hybridized carbons (Fsp3) is 0.435. The number of nitrogens with one attached hydrogen (secondary N) is 1. The zero-order valence-corrected chi connectivity index (χ0v) is 17.9. The summed E-state index contributed by atoms with van der Waals surface area (Å²) >= 11 is 0. The maximum absolute atomic E-state index is 12.2. The molecule has 0 heterocycles. The highest BCUT2D eigenvalue weighted by molar-refractivity contribution is 5.75. The molecular formula is C23H28F3NO3. The average Bonchev–Trinajstić information content (AvgIpc) is 2.67. The van der Waals surface area contributed by atoms with Gasteiger partial charge in [0.25, 0.3) is 0 Å². The lowest BCUT2D eigenvalue weighted by Gasteiger charge is -2.22. The fourth-order valence-electron chi connectivity index (χ4n) is 3.17. The Kier molecular flexibility index (Phi) is 7.76. The summed E-state index contributed by atoms with van der Waals surface area (Å²) in [5.74, 6) is -0.984. The van der Waals surface area contributed by atoms with Crippen molar-refractivity contribution in [2.75, 3.05) is 19.0 Å². The average molecular weight is 423 g/mol. The van der Waals surface area contributed by atoms with Crippen LogP contribution in [0.15, 0.2) is 36.4 Å². The number of hydrogen-bond acceptors (Lipinski definition) is 4. The number of rotatable bonds is 8. The SMILES string of the molecule is COc1cc(CCOC(=O)C(F)(F)F)ccc1Nc1c(C(C)C)cccc1C(C)C. The van der Waals surface area contributed by atoms with E-state index in [4.69, 9.17) is 4.74 Å². The molecule has 0 spiro atoms. The molecule has 0 bridgehead atoms. The maximum atomic E-state index is 12.2. The number of ether oxygens (including phenoxy) is 2. The number of hydrogen-bond donors (Lipinski definition) is 1. The Morgan fingerprint density at radius 2 is 1.63 bits per heavy atom. The minimum absolute atomic E-state index is 0.151. The van der Waals surface area contributed by atoms with Gasteiger partial charge in [0.2, 0.25) is 0 Å². The van der Waals surface area contributed by atoms with Gasteiger partial charge in [-0.1, -0.05) is 52.0 Å².